The number of rotatable bonds is 3. The van der Waals surface area contributed by atoms with Crippen molar-refractivity contribution in [1.82, 2.24) is 0 Å². The topological polar surface area (TPSA) is 40.5 Å². The van der Waals surface area contributed by atoms with Gasteiger partial charge in [-0.25, -0.2) is 0 Å². The molecule has 0 aromatic rings. The number of aliphatic hydroxyl groups excluding tert-OH is 1. The van der Waals surface area contributed by atoms with Crippen molar-refractivity contribution in [2.45, 2.75) is 43.5 Å². The molecule has 94 valence electrons. The molecule has 3 atom stereocenters. The summed E-state index contributed by atoms with van der Waals surface area (Å²) in [5.74, 6) is 0.227. The molecule has 0 aromatic heterocycles. The van der Waals surface area contributed by atoms with Crippen LogP contribution < -0.4 is 0 Å². The predicted octanol–water partition coefficient (Wildman–Crippen LogP) is 2.90. The van der Waals surface area contributed by atoms with Crippen molar-refractivity contribution in [2.24, 2.45) is 11.3 Å². The van der Waals surface area contributed by atoms with Gasteiger partial charge in [0.15, 0.2) is 0 Å². The van der Waals surface area contributed by atoms with Gasteiger partial charge in [-0.3, -0.25) is 0 Å². The minimum absolute atomic E-state index is 0.109. The van der Waals surface area contributed by atoms with Crippen LogP contribution in [0.15, 0.2) is 12.2 Å². The van der Waals surface area contributed by atoms with Crippen molar-refractivity contribution >= 4 is 23.2 Å². The van der Waals surface area contributed by atoms with Crippen molar-refractivity contribution in [2.75, 3.05) is 6.61 Å². The van der Waals surface area contributed by atoms with Crippen LogP contribution in [0.4, 0.5) is 0 Å². The highest BCUT2D eigenvalue weighted by atomic mass is 35.5. The first-order chi connectivity index (χ1) is 7.27. The highest BCUT2D eigenvalue weighted by Gasteiger charge is 2.54. The first kappa shape index (κ1) is 14.3. The van der Waals surface area contributed by atoms with Crippen LogP contribution in [0.3, 0.4) is 0 Å². The minimum Gasteiger partial charge on any atom is -0.396 e. The summed E-state index contributed by atoms with van der Waals surface area (Å²) >= 11 is 11.8. The number of halogens is 2. The van der Waals surface area contributed by atoms with Crippen molar-refractivity contribution in [3.8, 4) is 0 Å². The van der Waals surface area contributed by atoms with E-state index in [1.54, 1.807) is 0 Å². The molecule has 1 fully saturated rings. The third kappa shape index (κ3) is 2.26. The molecule has 0 bridgehead atoms. The molecule has 0 amide bonds. The zero-order valence-electron chi connectivity index (χ0n) is 9.84. The van der Waals surface area contributed by atoms with E-state index in [4.69, 9.17) is 23.2 Å². The van der Waals surface area contributed by atoms with Crippen molar-refractivity contribution < 1.29 is 10.2 Å². The molecule has 4 heteroatoms. The summed E-state index contributed by atoms with van der Waals surface area (Å²) in [6, 6.07) is 0. The molecule has 0 heterocycles. The van der Waals surface area contributed by atoms with E-state index in [2.05, 4.69) is 6.58 Å². The molecule has 1 rings (SSSR count). The predicted molar refractivity (Wildman–Crippen MR) is 67.8 cm³/mol. The summed E-state index contributed by atoms with van der Waals surface area (Å²) in [6.45, 7) is 7.59. The van der Waals surface area contributed by atoms with Crippen LogP contribution in [-0.2, 0) is 0 Å². The van der Waals surface area contributed by atoms with Gasteiger partial charge in [0.25, 0.3) is 0 Å². The van der Waals surface area contributed by atoms with Crippen LogP contribution in [0.25, 0.3) is 0 Å². The molecule has 1 aliphatic rings. The molecule has 0 unspecified atom stereocenters. The van der Waals surface area contributed by atoms with E-state index in [0.29, 0.717) is 12.8 Å². The van der Waals surface area contributed by atoms with E-state index in [9.17, 15) is 10.2 Å². The number of alkyl halides is 2. The molecule has 0 radical (unpaired) electrons. The summed E-state index contributed by atoms with van der Waals surface area (Å²) in [7, 11) is 0. The first-order valence-electron chi connectivity index (χ1n) is 5.53. The Hall–Kier alpha value is 0.240. The fourth-order valence-electron chi connectivity index (χ4n) is 2.42. The lowest BCUT2D eigenvalue weighted by molar-refractivity contribution is -0.127. The lowest BCUT2D eigenvalue weighted by Gasteiger charge is -2.51. The smallest absolute Gasteiger partial charge is 0.137 e. The summed E-state index contributed by atoms with van der Waals surface area (Å²) in [5, 5.41) is 20.1. The molecule has 2 nitrogen and oxygen atoms in total. The van der Waals surface area contributed by atoms with Crippen molar-refractivity contribution in [3.05, 3.63) is 12.2 Å². The second kappa shape index (κ2) is 4.85. The van der Waals surface area contributed by atoms with E-state index < -0.39 is 15.9 Å². The van der Waals surface area contributed by atoms with E-state index in [0.717, 1.165) is 12.0 Å². The van der Waals surface area contributed by atoms with Crippen LogP contribution in [0.1, 0.15) is 33.1 Å². The Kier molecular flexibility index (Phi) is 4.34. The Labute approximate surface area is 107 Å². The Morgan fingerprint density at radius 2 is 2.12 bits per heavy atom. The fourth-order valence-corrected chi connectivity index (χ4v) is 3.13. The molecule has 1 aliphatic carbocycles. The van der Waals surface area contributed by atoms with Crippen molar-refractivity contribution in [1.29, 1.82) is 0 Å². The largest absolute Gasteiger partial charge is 0.396 e. The fraction of sp³-hybridized carbons (Fsp3) is 0.833. The van der Waals surface area contributed by atoms with Crippen LogP contribution in [0, 0.1) is 11.3 Å². The Morgan fingerprint density at radius 1 is 1.56 bits per heavy atom. The van der Waals surface area contributed by atoms with Gasteiger partial charge in [0.2, 0.25) is 0 Å². The summed E-state index contributed by atoms with van der Waals surface area (Å²) < 4.78 is 0. The van der Waals surface area contributed by atoms with Crippen LogP contribution >= 0.6 is 23.2 Å². The Morgan fingerprint density at radius 3 is 2.50 bits per heavy atom. The second-order valence-corrected chi connectivity index (χ2v) is 6.33. The molecule has 0 saturated heterocycles. The van der Waals surface area contributed by atoms with Crippen molar-refractivity contribution in [3.63, 3.8) is 0 Å². The number of hydrogen-bond acceptors (Lipinski definition) is 2. The van der Waals surface area contributed by atoms with Gasteiger partial charge in [0, 0.05) is 5.41 Å². The summed E-state index contributed by atoms with van der Waals surface area (Å²) in [4.78, 5) is -0.896. The van der Waals surface area contributed by atoms with E-state index in [1.807, 2.05) is 13.8 Å². The zero-order valence-corrected chi connectivity index (χ0v) is 11.4. The quantitative estimate of drug-likeness (QED) is 0.609. The highest BCUT2D eigenvalue weighted by Crippen LogP contribution is 2.51. The zero-order chi connectivity index (χ0) is 12.6. The Balaban J connectivity index is 2.99. The first-order valence-corrected chi connectivity index (χ1v) is 6.41. The van der Waals surface area contributed by atoms with Gasteiger partial charge in [0.05, 0.1) is 6.61 Å². The van der Waals surface area contributed by atoms with Gasteiger partial charge < -0.3 is 10.2 Å². The monoisotopic (exact) mass is 266 g/mol. The Bertz CT molecular complexity index is 280. The average Bonchev–Trinajstić information content (AvgIpc) is 2.21. The maximum atomic E-state index is 10.6. The SMILES string of the molecule is C=C(C)[C@@H]1CC[C@@](C)(CO)[C@@](O)(C(Cl)Cl)C1. The van der Waals surface area contributed by atoms with Gasteiger partial charge in [-0.1, -0.05) is 19.1 Å². The molecular weight excluding hydrogens is 247 g/mol. The minimum atomic E-state index is -1.24. The molecular formula is C12H20Cl2O2. The molecule has 0 aromatic carbocycles. The lowest BCUT2D eigenvalue weighted by atomic mass is 9.61. The molecule has 2 N–H and O–H groups in total. The molecule has 0 spiro atoms. The number of aliphatic hydroxyl groups is 2. The van der Waals surface area contributed by atoms with Crippen LogP contribution in [-0.4, -0.2) is 27.3 Å². The van der Waals surface area contributed by atoms with Crippen LogP contribution in [0.2, 0.25) is 0 Å². The van der Waals surface area contributed by atoms with Gasteiger partial charge in [-0.05, 0) is 32.1 Å². The normalized spacial score (nSPS) is 40.1. The van der Waals surface area contributed by atoms with Gasteiger partial charge in [-0.15, -0.1) is 23.2 Å². The maximum absolute atomic E-state index is 10.6. The van der Waals surface area contributed by atoms with E-state index >= 15 is 0 Å². The third-order valence-corrected chi connectivity index (χ3v) is 4.78. The summed E-state index contributed by atoms with van der Waals surface area (Å²) in [6.07, 6.45) is 2.08. The van der Waals surface area contributed by atoms with Gasteiger partial charge in [0.1, 0.15) is 10.4 Å². The second-order valence-electron chi connectivity index (χ2n) is 5.23. The third-order valence-electron chi connectivity index (χ3n) is 4.05. The molecule has 0 aliphatic heterocycles. The number of hydrogen-bond donors (Lipinski definition) is 2. The van der Waals surface area contributed by atoms with E-state index in [-0.39, 0.29) is 12.5 Å². The standard InChI is InChI=1S/C12H20Cl2O2/c1-8(2)9-4-5-11(3,7-15)12(16,6-9)10(13)14/h9-10,15-16H,1,4-7H2,2-3H3/t9-,11+,12+/m1/s1. The van der Waals surface area contributed by atoms with Crippen LogP contribution in [0.5, 0.6) is 0 Å². The van der Waals surface area contributed by atoms with Gasteiger partial charge >= 0.3 is 0 Å². The average molecular weight is 267 g/mol. The maximum Gasteiger partial charge on any atom is 0.137 e. The van der Waals surface area contributed by atoms with E-state index in [1.165, 1.54) is 0 Å². The molecule has 16 heavy (non-hydrogen) atoms. The lowest BCUT2D eigenvalue weighted by Crippen LogP contribution is -2.57. The highest BCUT2D eigenvalue weighted by molar-refractivity contribution is 6.45. The number of allylic oxidation sites excluding steroid dienone is 1. The molecule has 1 saturated carbocycles. The van der Waals surface area contributed by atoms with Gasteiger partial charge in [-0.2, -0.15) is 0 Å². The summed E-state index contributed by atoms with van der Waals surface area (Å²) in [5.41, 5.74) is -0.841.